The Balaban J connectivity index is 2.50. The van der Waals surface area contributed by atoms with E-state index in [1.54, 1.807) is 0 Å². The summed E-state index contributed by atoms with van der Waals surface area (Å²) in [5, 5.41) is 8.48. The first-order chi connectivity index (χ1) is 6.83. The van der Waals surface area contributed by atoms with Crippen LogP contribution in [0.3, 0.4) is 0 Å². The van der Waals surface area contributed by atoms with Gasteiger partial charge in [-0.3, -0.25) is 0 Å². The largest absolute Gasteiger partial charge is 0.440 e. The van der Waals surface area contributed by atoms with Crippen molar-refractivity contribution in [2.24, 2.45) is 5.73 Å². The second-order valence-electron chi connectivity index (χ2n) is 2.95. The van der Waals surface area contributed by atoms with Gasteiger partial charge in [-0.15, -0.1) is 0 Å². The van der Waals surface area contributed by atoms with Crippen LogP contribution in [0.2, 0.25) is 0 Å². The van der Waals surface area contributed by atoms with Crippen molar-refractivity contribution < 1.29 is 4.42 Å². The molecule has 0 saturated heterocycles. The van der Waals surface area contributed by atoms with Gasteiger partial charge in [-0.1, -0.05) is 6.07 Å². The van der Waals surface area contributed by atoms with E-state index >= 15 is 0 Å². The quantitative estimate of drug-likeness (QED) is 0.769. The third kappa shape index (κ3) is 1.45. The Kier molecular flexibility index (Phi) is 2.17. The first-order valence-corrected chi connectivity index (χ1v) is 4.29. The molecule has 0 atom stereocenters. The molecular weight excluding hydrogens is 178 g/mol. The highest BCUT2D eigenvalue weighted by atomic mass is 16.3. The number of benzene rings is 1. The summed E-state index contributed by atoms with van der Waals surface area (Å²) in [6.07, 6.45) is 0.201. The molecule has 0 saturated carbocycles. The molecule has 4 heteroatoms. The molecule has 1 aromatic carbocycles. The Labute approximate surface area is 81.0 Å². The molecule has 0 amide bonds. The molecule has 2 N–H and O–H groups in total. The molecule has 0 radical (unpaired) electrons. The van der Waals surface area contributed by atoms with Crippen LogP contribution in [-0.4, -0.2) is 4.98 Å². The summed E-state index contributed by atoms with van der Waals surface area (Å²) in [7, 11) is 0. The summed E-state index contributed by atoms with van der Waals surface area (Å²) in [4.78, 5) is 4.15. The zero-order valence-corrected chi connectivity index (χ0v) is 7.53. The van der Waals surface area contributed by atoms with Crippen LogP contribution in [0.5, 0.6) is 0 Å². The fourth-order valence-electron chi connectivity index (χ4n) is 1.29. The summed E-state index contributed by atoms with van der Waals surface area (Å²) in [6, 6.07) is 7.60. The van der Waals surface area contributed by atoms with Gasteiger partial charge < -0.3 is 10.2 Å². The van der Waals surface area contributed by atoms with E-state index in [4.69, 9.17) is 15.4 Å². The van der Waals surface area contributed by atoms with Crippen LogP contribution in [0.25, 0.3) is 11.1 Å². The van der Waals surface area contributed by atoms with E-state index < -0.39 is 0 Å². The number of hydrogen-bond donors (Lipinski definition) is 1. The number of nitrogens with two attached hydrogens (primary N) is 1. The van der Waals surface area contributed by atoms with Crippen LogP contribution in [0.4, 0.5) is 0 Å². The second kappa shape index (κ2) is 3.48. The minimum absolute atomic E-state index is 0.201. The minimum atomic E-state index is 0.201. The molecule has 0 aliphatic heterocycles. The maximum Gasteiger partial charge on any atom is 0.209 e. The number of fused-ring (bicyclic) bond motifs is 1. The number of oxazole rings is 1. The molecule has 4 nitrogen and oxygen atoms in total. The van der Waals surface area contributed by atoms with Gasteiger partial charge in [-0.2, -0.15) is 5.26 Å². The van der Waals surface area contributed by atoms with Gasteiger partial charge in [-0.05, 0) is 17.7 Å². The zero-order valence-electron chi connectivity index (χ0n) is 7.53. The van der Waals surface area contributed by atoms with Crippen molar-refractivity contribution >= 4 is 11.1 Å². The number of rotatable bonds is 2. The van der Waals surface area contributed by atoms with Gasteiger partial charge in [0.15, 0.2) is 5.58 Å². The Morgan fingerprint density at radius 3 is 3.07 bits per heavy atom. The molecule has 0 aliphatic carbocycles. The highest BCUT2D eigenvalue weighted by Gasteiger charge is 2.04. The van der Waals surface area contributed by atoms with E-state index in [9.17, 15) is 0 Å². The lowest BCUT2D eigenvalue weighted by Gasteiger charge is -1.92. The molecule has 0 fully saturated rings. The van der Waals surface area contributed by atoms with Crippen LogP contribution >= 0.6 is 0 Å². The van der Waals surface area contributed by atoms with Crippen molar-refractivity contribution in [3.63, 3.8) is 0 Å². The van der Waals surface area contributed by atoms with Gasteiger partial charge in [-0.25, -0.2) is 4.98 Å². The number of aromatic nitrogens is 1. The molecule has 0 spiro atoms. The lowest BCUT2D eigenvalue weighted by atomic mass is 10.2. The molecule has 0 unspecified atom stereocenters. The van der Waals surface area contributed by atoms with Crippen molar-refractivity contribution in [1.29, 1.82) is 5.26 Å². The molecule has 1 heterocycles. The second-order valence-corrected chi connectivity index (χ2v) is 2.95. The van der Waals surface area contributed by atoms with E-state index in [2.05, 4.69) is 4.98 Å². The predicted octanol–water partition coefficient (Wildman–Crippen LogP) is 1.35. The molecule has 2 rings (SSSR count). The van der Waals surface area contributed by atoms with Gasteiger partial charge >= 0.3 is 0 Å². The van der Waals surface area contributed by atoms with Crippen LogP contribution in [-0.2, 0) is 13.0 Å². The summed E-state index contributed by atoms with van der Waals surface area (Å²) in [6.45, 7) is 0.476. The molecule has 0 bridgehead atoms. The van der Waals surface area contributed by atoms with E-state index in [1.807, 2.05) is 24.3 Å². The molecule has 70 valence electrons. The normalized spacial score (nSPS) is 10.3. The fourth-order valence-corrected chi connectivity index (χ4v) is 1.29. The lowest BCUT2D eigenvalue weighted by Crippen LogP contribution is -1.94. The Bertz CT molecular complexity index is 496. The molecular formula is C10H9N3O. The van der Waals surface area contributed by atoms with Gasteiger partial charge in [0.25, 0.3) is 0 Å². The van der Waals surface area contributed by atoms with E-state index in [0.29, 0.717) is 18.0 Å². The monoisotopic (exact) mass is 187 g/mol. The maximum absolute atomic E-state index is 8.48. The Morgan fingerprint density at radius 2 is 2.36 bits per heavy atom. The fraction of sp³-hybridized carbons (Fsp3) is 0.200. The Morgan fingerprint density at radius 1 is 1.50 bits per heavy atom. The third-order valence-electron chi connectivity index (χ3n) is 1.96. The maximum atomic E-state index is 8.48. The van der Waals surface area contributed by atoms with Crippen molar-refractivity contribution in [2.45, 2.75) is 13.0 Å². The van der Waals surface area contributed by atoms with Crippen LogP contribution in [0.15, 0.2) is 22.6 Å². The summed E-state index contributed by atoms with van der Waals surface area (Å²) >= 11 is 0. The van der Waals surface area contributed by atoms with Crippen molar-refractivity contribution in [3.8, 4) is 6.07 Å². The number of nitrogens with zero attached hydrogens (tertiary/aromatic N) is 2. The molecule has 1 aromatic heterocycles. The van der Waals surface area contributed by atoms with Crippen LogP contribution < -0.4 is 5.73 Å². The van der Waals surface area contributed by atoms with Crippen molar-refractivity contribution in [3.05, 3.63) is 29.7 Å². The summed E-state index contributed by atoms with van der Waals surface area (Å²) < 4.78 is 5.36. The number of hydrogen-bond acceptors (Lipinski definition) is 4. The van der Waals surface area contributed by atoms with E-state index in [1.165, 1.54) is 0 Å². The first kappa shape index (κ1) is 8.73. The van der Waals surface area contributed by atoms with Gasteiger partial charge in [0, 0.05) is 6.54 Å². The van der Waals surface area contributed by atoms with Gasteiger partial charge in [0.05, 0.1) is 6.07 Å². The Hall–Kier alpha value is -1.86. The standard InChI is InChI=1S/C10H9N3O/c11-4-3-10-13-8-2-1-7(6-12)5-9(8)14-10/h1-2,5H,3,6,12H2. The summed E-state index contributed by atoms with van der Waals surface area (Å²) in [5.41, 5.74) is 7.95. The molecule has 14 heavy (non-hydrogen) atoms. The van der Waals surface area contributed by atoms with Gasteiger partial charge in [0.1, 0.15) is 11.9 Å². The third-order valence-corrected chi connectivity index (χ3v) is 1.96. The first-order valence-electron chi connectivity index (χ1n) is 4.29. The van der Waals surface area contributed by atoms with E-state index in [0.717, 1.165) is 11.1 Å². The highest BCUT2D eigenvalue weighted by Crippen LogP contribution is 2.17. The zero-order chi connectivity index (χ0) is 9.97. The molecule has 0 aliphatic rings. The topological polar surface area (TPSA) is 75.8 Å². The minimum Gasteiger partial charge on any atom is -0.440 e. The average Bonchev–Trinajstić information content (AvgIpc) is 2.59. The van der Waals surface area contributed by atoms with Crippen LogP contribution in [0, 0.1) is 11.3 Å². The van der Waals surface area contributed by atoms with E-state index in [-0.39, 0.29) is 6.42 Å². The molecule has 2 aromatic rings. The predicted molar refractivity (Wildman–Crippen MR) is 51.2 cm³/mol. The highest BCUT2D eigenvalue weighted by molar-refractivity contribution is 5.73. The lowest BCUT2D eigenvalue weighted by molar-refractivity contribution is 0.548. The number of nitriles is 1. The van der Waals surface area contributed by atoms with Crippen molar-refractivity contribution in [2.75, 3.05) is 0 Å². The van der Waals surface area contributed by atoms with Crippen molar-refractivity contribution in [1.82, 2.24) is 4.98 Å². The average molecular weight is 187 g/mol. The van der Waals surface area contributed by atoms with Crippen LogP contribution in [0.1, 0.15) is 11.5 Å². The summed E-state index contributed by atoms with van der Waals surface area (Å²) in [5.74, 6) is 0.455. The van der Waals surface area contributed by atoms with Gasteiger partial charge in [0.2, 0.25) is 5.89 Å². The SMILES string of the molecule is N#CCc1nc2ccc(CN)cc2o1. The smallest absolute Gasteiger partial charge is 0.209 e.